The van der Waals surface area contributed by atoms with Crippen LogP contribution in [0.1, 0.15) is 53.4 Å². The summed E-state index contributed by atoms with van der Waals surface area (Å²) in [7, 11) is 0. The van der Waals surface area contributed by atoms with Crippen LogP contribution in [0.5, 0.6) is 0 Å². The van der Waals surface area contributed by atoms with Crippen LogP contribution < -0.4 is 5.32 Å². The number of amides is 1. The molecule has 0 fully saturated rings. The van der Waals surface area contributed by atoms with Crippen LogP contribution in [-0.2, 0) is 9.59 Å². The van der Waals surface area contributed by atoms with Gasteiger partial charge in [0.2, 0.25) is 5.91 Å². The van der Waals surface area contributed by atoms with Crippen molar-refractivity contribution in [3.8, 4) is 0 Å². The van der Waals surface area contributed by atoms with Crippen molar-refractivity contribution in [1.29, 1.82) is 0 Å². The van der Waals surface area contributed by atoms with Crippen LogP contribution >= 0.6 is 0 Å². The van der Waals surface area contributed by atoms with Crippen LogP contribution in [0.15, 0.2) is 0 Å². The zero-order valence-electron chi connectivity index (χ0n) is 10.7. The van der Waals surface area contributed by atoms with Gasteiger partial charge in [0.15, 0.2) is 0 Å². The van der Waals surface area contributed by atoms with E-state index in [1.54, 1.807) is 6.92 Å². The van der Waals surface area contributed by atoms with E-state index in [1.807, 2.05) is 0 Å². The average Bonchev–Trinajstić information content (AvgIpc) is 1.98. The van der Waals surface area contributed by atoms with Gasteiger partial charge in [-0.1, -0.05) is 20.8 Å². The second kappa shape index (κ2) is 6.51. The zero-order valence-corrected chi connectivity index (χ0v) is 10.7. The maximum Gasteiger partial charge on any atom is 0.305 e. The molecule has 0 aromatic heterocycles. The van der Waals surface area contributed by atoms with E-state index >= 15 is 0 Å². The number of carboxylic acid groups (broad SMARTS) is 1. The number of rotatable bonds is 6. The lowest BCUT2D eigenvalue weighted by Crippen LogP contribution is -2.34. The van der Waals surface area contributed by atoms with Gasteiger partial charge in [0.1, 0.15) is 0 Å². The molecule has 0 bridgehead atoms. The standard InChI is InChI=1S/C12H23NO3/c1-9(8-11(15)16)13-10(14)6-5-7-12(2,3)4/h9H,5-8H2,1-4H3,(H,13,14)(H,15,16). The predicted octanol–water partition coefficient (Wildman–Crippen LogP) is 2.18. The van der Waals surface area contributed by atoms with Crippen LogP contribution in [0.2, 0.25) is 0 Å². The Bertz CT molecular complexity index is 243. The van der Waals surface area contributed by atoms with Crippen LogP contribution in [-0.4, -0.2) is 23.0 Å². The minimum Gasteiger partial charge on any atom is -0.481 e. The predicted molar refractivity (Wildman–Crippen MR) is 63.2 cm³/mol. The molecule has 0 spiro atoms. The minimum absolute atomic E-state index is 0.0228. The molecule has 0 aliphatic rings. The fraction of sp³-hybridized carbons (Fsp3) is 0.833. The molecule has 0 aliphatic carbocycles. The van der Waals surface area contributed by atoms with Gasteiger partial charge in [-0.15, -0.1) is 0 Å². The summed E-state index contributed by atoms with van der Waals surface area (Å²) in [5.74, 6) is -0.944. The Kier molecular flexibility index (Phi) is 6.08. The van der Waals surface area contributed by atoms with E-state index in [0.717, 1.165) is 12.8 Å². The number of aliphatic carboxylic acids is 1. The molecule has 0 aromatic carbocycles. The van der Waals surface area contributed by atoms with E-state index in [1.165, 1.54) is 0 Å². The molecule has 16 heavy (non-hydrogen) atoms. The summed E-state index contributed by atoms with van der Waals surface area (Å²) in [6.45, 7) is 8.11. The molecule has 0 saturated carbocycles. The first kappa shape index (κ1) is 14.9. The average molecular weight is 229 g/mol. The summed E-state index contributed by atoms with van der Waals surface area (Å²) >= 11 is 0. The van der Waals surface area contributed by atoms with Crippen LogP contribution in [0.25, 0.3) is 0 Å². The first-order valence-corrected chi connectivity index (χ1v) is 5.72. The highest BCUT2D eigenvalue weighted by molar-refractivity contribution is 5.77. The molecule has 4 nitrogen and oxygen atoms in total. The Hall–Kier alpha value is -1.06. The summed E-state index contributed by atoms with van der Waals surface area (Å²) in [5.41, 5.74) is 0.243. The van der Waals surface area contributed by atoms with Crippen molar-refractivity contribution in [2.24, 2.45) is 5.41 Å². The highest BCUT2D eigenvalue weighted by atomic mass is 16.4. The molecule has 2 N–H and O–H groups in total. The summed E-state index contributed by atoms with van der Waals surface area (Å²) < 4.78 is 0. The largest absolute Gasteiger partial charge is 0.481 e. The molecule has 1 atom stereocenters. The third kappa shape index (κ3) is 9.49. The van der Waals surface area contributed by atoms with Gasteiger partial charge in [0.25, 0.3) is 0 Å². The van der Waals surface area contributed by atoms with Gasteiger partial charge in [-0.25, -0.2) is 0 Å². The molecule has 0 rings (SSSR count). The van der Waals surface area contributed by atoms with Crippen molar-refractivity contribution >= 4 is 11.9 Å². The highest BCUT2D eigenvalue weighted by Crippen LogP contribution is 2.21. The van der Waals surface area contributed by atoms with Crippen molar-refractivity contribution in [2.75, 3.05) is 0 Å². The second-order valence-corrected chi connectivity index (χ2v) is 5.48. The lowest BCUT2D eigenvalue weighted by atomic mass is 9.90. The smallest absolute Gasteiger partial charge is 0.305 e. The second-order valence-electron chi connectivity index (χ2n) is 5.48. The summed E-state index contributed by atoms with van der Waals surface area (Å²) in [6.07, 6.45) is 2.29. The Morgan fingerprint density at radius 3 is 2.31 bits per heavy atom. The molecular weight excluding hydrogens is 206 g/mol. The molecule has 1 unspecified atom stereocenters. The van der Waals surface area contributed by atoms with E-state index in [-0.39, 0.29) is 23.8 Å². The maximum atomic E-state index is 11.4. The summed E-state index contributed by atoms with van der Waals surface area (Å²) in [5, 5.41) is 11.2. The van der Waals surface area contributed by atoms with Gasteiger partial charge in [0.05, 0.1) is 6.42 Å². The van der Waals surface area contributed by atoms with Gasteiger partial charge < -0.3 is 10.4 Å². The lowest BCUT2D eigenvalue weighted by molar-refractivity contribution is -0.137. The van der Waals surface area contributed by atoms with Crippen molar-refractivity contribution in [1.82, 2.24) is 5.32 Å². The van der Waals surface area contributed by atoms with Gasteiger partial charge >= 0.3 is 5.97 Å². The number of hydrogen-bond acceptors (Lipinski definition) is 2. The molecule has 0 heterocycles. The quantitative estimate of drug-likeness (QED) is 0.733. The topological polar surface area (TPSA) is 66.4 Å². The summed E-state index contributed by atoms with van der Waals surface area (Å²) in [6, 6.07) is -0.292. The van der Waals surface area contributed by atoms with Crippen LogP contribution in [0.4, 0.5) is 0 Å². The van der Waals surface area contributed by atoms with Gasteiger partial charge in [-0.3, -0.25) is 9.59 Å². The van der Waals surface area contributed by atoms with E-state index < -0.39 is 5.97 Å². The van der Waals surface area contributed by atoms with Crippen molar-refractivity contribution in [2.45, 2.75) is 59.4 Å². The Balaban J connectivity index is 3.70. The molecule has 0 radical (unpaired) electrons. The molecule has 1 amide bonds. The maximum absolute atomic E-state index is 11.4. The Morgan fingerprint density at radius 2 is 1.88 bits per heavy atom. The van der Waals surface area contributed by atoms with Crippen LogP contribution in [0.3, 0.4) is 0 Å². The minimum atomic E-state index is -0.887. The number of nitrogens with one attached hydrogen (secondary N) is 1. The van der Waals surface area contributed by atoms with Crippen molar-refractivity contribution in [3.63, 3.8) is 0 Å². The molecule has 0 aliphatic heterocycles. The molecular formula is C12H23NO3. The van der Waals surface area contributed by atoms with E-state index in [2.05, 4.69) is 26.1 Å². The van der Waals surface area contributed by atoms with Gasteiger partial charge in [-0.05, 0) is 25.2 Å². The van der Waals surface area contributed by atoms with Crippen molar-refractivity contribution in [3.05, 3.63) is 0 Å². The molecule has 4 heteroatoms. The summed E-state index contributed by atoms with van der Waals surface area (Å²) in [4.78, 5) is 21.8. The first-order chi connectivity index (χ1) is 7.20. The normalized spacial score (nSPS) is 13.2. The third-order valence-corrected chi connectivity index (χ3v) is 2.22. The van der Waals surface area contributed by atoms with E-state index in [9.17, 15) is 9.59 Å². The number of hydrogen-bond donors (Lipinski definition) is 2. The first-order valence-electron chi connectivity index (χ1n) is 5.72. The SMILES string of the molecule is CC(CC(=O)O)NC(=O)CCCC(C)(C)C. The monoisotopic (exact) mass is 229 g/mol. The highest BCUT2D eigenvalue weighted by Gasteiger charge is 2.13. The molecule has 0 saturated heterocycles. The van der Waals surface area contributed by atoms with E-state index in [4.69, 9.17) is 5.11 Å². The van der Waals surface area contributed by atoms with E-state index in [0.29, 0.717) is 6.42 Å². The zero-order chi connectivity index (χ0) is 12.8. The third-order valence-electron chi connectivity index (χ3n) is 2.22. The number of carboxylic acids is 1. The van der Waals surface area contributed by atoms with Gasteiger partial charge in [-0.2, -0.15) is 0 Å². The number of carbonyl (C=O) groups excluding carboxylic acids is 1. The Morgan fingerprint density at radius 1 is 1.31 bits per heavy atom. The lowest BCUT2D eigenvalue weighted by Gasteiger charge is -2.18. The van der Waals surface area contributed by atoms with Crippen LogP contribution in [0, 0.1) is 5.41 Å². The Labute approximate surface area is 97.4 Å². The van der Waals surface area contributed by atoms with Crippen molar-refractivity contribution < 1.29 is 14.7 Å². The molecule has 0 aromatic rings. The fourth-order valence-corrected chi connectivity index (χ4v) is 1.44. The number of carbonyl (C=O) groups is 2. The molecule has 94 valence electrons. The fourth-order valence-electron chi connectivity index (χ4n) is 1.44. The van der Waals surface area contributed by atoms with Gasteiger partial charge in [0, 0.05) is 12.5 Å².